The third-order valence-corrected chi connectivity index (χ3v) is 2.92. The van der Waals surface area contributed by atoms with E-state index in [2.05, 4.69) is 5.32 Å². The van der Waals surface area contributed by atoms with Crippen LogP contribution in [-0.2, 0) is 20.7 Å². The number of nitrogens with one attached hydrogen (secondary N) is 1. The Morgan fingerprint density at radius 1 is 1.33 bits per heavy atom. The minimum absolute atomic E-state index is 0.00655. The zero-order valence-electron chi connectivity index (χ0n) is 12.7. The smallest absolute Gasteiger partial charge is 0.306 e. The summed E-state index contributed by atoms with van der Waals surface area (Å²) in [4.78, 5) is 22.8. The van der Waals surface area contributed by atoms with Gasteiger partial charge in [-0.15, -0.1) is 0 Å². The number of fused-ring (bicyclic) bond motifs is 1. The largest absolute Gasteiger partial charge is 0.494 e. The highest BCUT2D eigenvalue weighted by Gasteiger charge is 2.18. The number of hydrogen-bond donors (Lipinski definition) is 1. The maximum Gasteiger partial charge on any atom is 0.306 e. The Morgan fingerprint density at radius 2 is 2.10 bits per heavy atom. The van der Waals surface area contributed by atoms with E-state index in [0.717, 1.165) is 11.3 Å². The molecule has 0 saturated heterocycles. The highest BCUT2D eigenvalue weighted by Crippen LogP contribution is 2.27. The summed E-state index contributed by atoms with van der Waals surface area (Å²) in [5, 5.41) is 2.78. The summed E-state index contributed by atoms with van der Waals surface area (Å²) in [5.41, 5.74) is 1.35. The summed E-state index contributed by atoms with van der Waals surface area (Å²) in [6.07, 6.45) is 1.35. The molecule has 0 atom stereocenters. The van der Waals surface area contributed by atoms with Crippen LogP contribution in [0.15, 0.2) is 18.2 Å². The standard InChI is InChI=1S/C16H21NO4/c1-16(2,3)21-15(19)5-4-8-20-12-7-6-11-9-14(18)17-13(11)10-12/h6-7,10H,4-5,8-9H2,1-3H3,(H,17,18). The minimum Gasteiger partial charge on any atom is -0.494 e. The zero-order chi connectivity index (χ0) is 15.5. The predicted octanol–water partition coefficient (Wildman–Crippen LogP) is 2.68. The summed E-state index contributed by atoms with van der Waals surface area (Å²) < 4.78 is 10.8. The molecular formula is C16H21NO4. The fourth-order valence-electron chi connectivity index (χ4n) is 2.08. The van der Waals surface area contributed by atoms with E-state index < -0.39 is 5.60 Å². The molecule has 1 aromatic carbocycles. The van der Waals surface area contributed by atoms with Crippen molar-refractivity contribution >= 4 is 17.6 Å². The summed E-state index contributed by atoms with van der Waals surface area (Å²) in [7, 11) is 0. The van der Waals surface area contributed by atoms with Crippen molar-refractivity contribution in [1.82, 2.24) is 0 Å². The van der Waals surface area contributed by atoms with Gasteiger partial charge in [0, 0.05) is 18.2 Å². The SMILES string of the molecule is CC(C)(C)OC(=O)CCCOc1ccc2c(c1)NC(=O)C2. The van der Waals surface area contributed by atoms with Gasteiger partial charge in [0.15, 0.2) is 0 Å². The molecule has 5 heteroatoms. The van der Waals surface area contributed by atoms with E-state index in [9.17, 15) is 9.59 Å². The molecule has 1 amide bonds. The van der Waals surface area contributed by atoms with E-state index in [-0.39, 0.29) is 11.9 Å². The number of benzene rings is 1. The van der Waals surface area contributed by atoms with Gasteiger partial charge in [-0.3, -0.25) is 9.59 Å². The highest BCUT2D eigenvalue weighted by molar-refractivity contribution is 5.99. The summed E-state index contributed by atoms with van der Waals surface area (Å²) in [6.45, 7) is 5.98. The molecule has 2 rings (SSSR count). The molecule has 0 radical (unpaired) electrons. The summed E-state index contributed by atoms with van der Waals surface area (Å²) >= 11 is 0. The molecule has 0 spiro atoms. The van der Waals surface area contributed by atoms with Crippen LogP contribution in [0.2, 0.25) is 0 Å². The van der Waals surface area contributed by atoms with E-state index in [4.69, 9.17) is 9.47 Å². The van der Waals surface area contributed by atoms with Gasteiger partial charge in [0.25, 0.3) is 0 Å². The Morgan fingerprint density at radius 3 is 2.81 bits per heavy atom. The number of carbonyl (C=O) groups is 2. The van der Waals surface area contributed by atoms with Gasteiger partial charge in [-0.1, -0.05) is 6.07 Å². The molecule has 21 heavy (non-hydrogen) atoms. The second-order valence-corrected chi connectivity index (χ2v) is 6.08. The van der Waals surface area contributed by atoms with Crippen LogP contribution in [0.3, 0.4) is 0 Å². The third-order valence-electron chi connectivity index (χ3n) is 2.92. The normalized spacial score (nSPS) is 13.6. The molecule has 0 unspecified atom stereocenters. The van der Waals surface area contributed by atoms with Crippen LogP contribution in [0.5, 0.6) is 5.75 Å². The maximum atomic E-state index is 11.5. The number of ether oxygens (including phenoxy) is 2. The average molecular weight is 291 g/mol. The monoisotopic (exact) mass is 291 g/mol. The Bertz CT molecular complexity index is 546. The van der Waals surface area contributed by atoms with Gasteiger partial charge in [-0.25, -0.2) is 0 Å². The lowest BCUT2D eigenvalue weighted by Gasteiger charge is -2.19. The first-order valence-electron chi connectivity index (χ1n) is 7.11. The van der Waals surface area contributed by atoms with Gasteiger partial charge in [-0.2, -0.15) is 0 Å². The van der Waals surface area contributed by atoms with Crippen molar-refractivity contribution in [3.63, 3.8) is 0 Å². The highest BCUT2D eigenvalue weighted by atomic mass is 16.6. The van der Waals surface area contributed by atoms with Gasteiger partial charge < -0.3 is 14.8 Å². The number of amides is 1. The molecule has 114 valence electrons. The first kappa shape index (κ1) is 15.4. The number of hydrogen-bond acceptors (Lipinski definition) is 4. The Hall–Kier alpha value is -2.04. The first-order chi connectivity index (χ1) is 9.83. The maximum absolute atomic E-state index is 11.5. The van der Waals surface area contributed by atoms with Crippen LogP contribution < -0.4 is 10.1 Å². The Balaban J connectivity index is 1.74. The average Bonchev–Trinajstić information content (AvgIpc) is 2.71. The molecule has 0 saturated carbocycles. The van der Waals surface area contributed by atoms with Crippen LogP contribution in [0.4, 0.5) is 5.69 Å². The molecule has 0 aromatic heterocycles. The number of rotatable bonds is 5. The molecule has 1 aliphatic heterocycles. The molecule has 0 bridgehead atoms. The van der Waals surface area contributed by atoms with Crippen molar-refractivity contribution in [2.75, 3.05) is 11.9 Å². The minimum atomic E-state index is -0.448. The van der Waals surface area contributed by atoms with Crippen molar-refractivity contribution in [1.29, 1.82) is 0 Å². The van der Waals surface area contributed by atoms with E-state index in [1.807, 2.05) is 39.0 Å². The lowest BCUT2D eigenvalue weighted by molar-refractivity contribution is -0.155. The quantitative estimate of drug-likeness (QED) is 0.669. The van der Waals surface area contributed by atoms with Crippen molar-refractivity contribution in [3.05, 3.63) is 23.8 Å². The van der Waals surface area contributed by atoms with Gasteiger partial charge in [-0.05, 0) is 38.8 Å². The fraction of sp³-hybridized carbons (Fsp3) is 0.500. The number of anilines is 1. The topological polar surface area (TPSA) is 64.6 Å². The Labute approximate surface area is 124 Å². The van der Waals surface area contributed by atoms with Crippen molar-refractivity contribution in [2.24, 2.45) is 0 Å². The van der Waals surface area contributed by atoms with Crippen LogP contribution in [0.1, 0.15) is 39.2 Å². The summed E-state index contributed by atoms with van der Waals surface area (Å²) in [5.74, 6) is 0.486. The molecule has 1 aliphatic rings. The molecule has 0 aliphatic carbocycles. The van der Waals surface area contributed by atoms with Crippen LogP contribution in [0.25, 0.3) is 0 Å². The third kappa shape index (κ3) is 4.77. The lowest BCUT2D eigenvalue weighted by Crippen LogP contribution is -2.23. The first-order valence-corrected chi connectivity index (χ1v) is 7.11. The lowest BCUT2D eigenvalue weighted by atomic mass is 10.1. The number of carbonyl (C=O) groups excluding carboxylic acids is 2. The predicted molar refractivity (Wildman–Crippen MR) is 79.3 cm³/mol. The zero-order valence-corrected chi connectivity index (χ0v) is 12.7. The van der Waals surface area contributed by atoms with Crippen LogP contribution in [-0.4, -0.2) is 24.1 Å². The second kappa shape index (κ2) is 6.16. The summed E-state index contributed by atoms with van der Waals surface area (Å²) in [6, 6.07) is 5.54. The van der Waals surface area contributed by atoms with Gasteiger partial charge in [0.05, 0.1) is 13.0 Å². The molecule has 0 fully saturated rings. The molecule has 5 nitrogen and oxygen atoms in total. The molecular weight excluding hydrogens is 270 g/mol. The van der Waals surface area contributed by atoms with E-state index in [0.29, 0.717) is 31.6 Å². The fourth-order valence-corrected chi connectivity index (χ4v) is 2.08. The second-order valence-electron chi connectivity index (χ2n) is 6.08. The molecule has 1 aromatic rings. The van der Waals surface area contributed by atoms with E-state index >= 15 is 0 Å². The Kier molecular flexibility index (Phi) is 4.50. The molecule has 1 heterocycles. The van der Waals surface area contributed by atoms with Crippen LogP contribution in [0, 0.1) is 0 Å². The van der Waals surface area contributed by atoms with E-state index in [1.165, 1.54) is 0 Å². The van der Waals surface area contributed by atoms with E-state index in [1.54, 1.807) is 0 Å². The van der Waals surface area contributed by atoms with Crippen LogP contribution >= 0.6 is 0 Å². The number of esters is 1. The van der Waals surface area contributed by atoms with Gasteiger partial charge in [0.1, 0.15) is 11.4 Å². The van der Waals surface area contributed by atoms with Gasteiger partial charge in [0.2, 0.25) is 5.91 Å². The van der Waals surface area contributed by atoms with Gasteiger partial charge >= 0.3 is 5.97 Å². The molecule has 1 N–H and O–H groups in total. The van der Waals surface area contributed by atoms with Crippen molar-refractivity contribution in [2.45, 2.75) is 45.6 Å². The van der Waals surface area contributed by atoms with Crippen molar-refractivity contribution < 1.29 is 19.1 Å². The van der Waals surface area contributed by atoms with Crippen molar-refractivity contribution in [3.8, 4) is 5.75 Å².